The topological polar surface area (TPSA) is 66.6 Å². The summed E-state index contributed by atoms with van der Waals surface area (Å²) in [6, 6.07) is -0.678. The van der Waals surface area contributed by atoms with Gasteiger partial charge in [-0.25, -0.2) is 0 Å². The van der Waals surface area contributed by atoms with Crippen molar-refractivity contribution in [1.29, 1.82) is 0 Å². The summed E-state index contributed by atoms with van der Waals surface area (Å²) < 4.78 is 0. The largest absolute Gasteiger partial charge is 0.480 e. The molecule has 1 aliphatic rings. The van der Waals surface area contributed by atoms with Crippen molar-refractivity contribution >= 4 is 5.97 Å². The number of carbonyl (C=O) groups is 1. The highest BCUT2D eigenvalue weighted by Gasteiger charge is 2.30. The summed E-state index contributed by atoms with van der Waals surface area (Å²) in [6.45, 7) is 4.07. The molecule has 14 heavy (non-hydrogen) atoms. The van der Waals surface area contributed by atoms with Crippen LogP contribution in [0.15, 0.2) is 0 Å². The minimum Gasteiger partial charge on any atom is -0.480 e. The third-order valence-electron chi connectivity index (χ3n) is 2.87. The highest BCUT2D eigenvalue weighted by Crippen LogP contribution is 2.19. The molecule has 4 nitrogen and oxygen atoms in total. The minimum atomic E-state index is -0.877. The summed E-state index contributed by atoms with van der Waals surface area (Å²) in [5, 5.41) is 8.87. The van der Waals surface area contributed by atoms with Crippen LogP contribution in [-0.4, -0.2) is 41.1 Å². The fourth-order valence-electron chi connectivity index (χ4n) is 2.15. The van der Waals surface area contributed by atoms with Gasteiger partial charge in [-0.1, -0.05) is 13.3 Å². The Balaban J connectivity index is 2.57. The first-order valence-corrected chi connectivity index (χ1v) is 5.39. The summed E-state index contributed by atoms with van der Waals surface area (Å²) >= 11 is 0. The molecular weight excluding hydrogens is 180 g/mol. The third kappa shape index (κ3) is 2.69. The number of nitrogens with two attached hydrogens (primary N) is 1. The molecular formula is C10H20N2O2. The van der Waals surface area contributed by atoms with Gasteiger partial charge in [-0.05, 0) is 32.4 Å². The second-order valence-electron chi connectivity index (χ2n) is 3.96. The standard InChI is InChI=1S/C10H20N2O2/c1-2-6-12-7-4-3-5-8(12)9(11)10(13)14/h8-9H,2-7,11H2,1H3,(H,13,14). The van der Waals surface area contributed by atoms with Crippen molar-refractivity contribution < 1.29 is 9.90 Å². The monoisotopic (exact) mass is 200 g/mol. The van der Waals surface area contributed by atoms with Crippen LogP contribution in [0, 0.1) is 0 Å². The molecule has 0 bridgehead atoms. The summed E-state index contributed by atoms with van der Waals surface area (Å²) in [6.07, 6.45) is 4.25. The quantitative estimate of drug-likeness (QED) is 0.699. The first kappa shape index (κ1) is 11.5. The molecule has 0 spiro atoms. The Morgan fingerprint density at radius 1 is 1.64 bits per heavy atom. The van der Waals surface area contributed by atoms with Crippen LogP contribution in [0.4, 0.5) is 0 Å². The van der Waals surface area contributed by atoms with E-state index in [-0.39, 0.29) is 6.04 Å². The molecule has 3 N–H and O–H groups in total. The number of nitrogens with zero attached hydrogens (tertiary/aromatic N) is 1. The maximum absolute atomic E-state index is 10.8. The molecule has 0 saturated carbocycles. The molecule has 2 atom stereocenters. The summed E-state index contributed by atoms with van der Waals surface area (Å²) in [5.74, 6) is -0.877. The third-order valence-corrected chi connectivity index (χ3v) is 2.87. The molecule has 2 unspecified atom stereocenters. The zero-order valence-corrected chi connectivity index (χ0v) is 8.78. The Morgan fingerprint density at radius 2 is 2.36 bits per heavy atom. The Labute approximate surface area is 85.1 Å². The first-order chi connectivity index (χ1) is 6.66. The molecule has 4 heteroatoms. The fourth-order valence-corrected chi connectivity index (χ4v) is 2.15. The highest BCUT2D eigenvalue weighted by atomic mass is 16.4. The zero-order valence-electron chi connectivity index (χ0n) is 8.78. The molecule has 0 amide bonds. The number of hydrogen-bond acceptors (Lipinski definition) is 3. The van der Waals surface area contributed by atoms with E-state index in [2.05, 4.69) is 11.8 Å². The van der Waals surface area contributed by atoms with Crippen molar-refractivity contribution in [3.63, 3.8) is 0 Å². The van der Waals surface area contributed by atoms with Crippen LogP contribution in [0.5, 0.6) is 0 Å². The van der Waals surface area contributed by atoms with E-state index < -0.39 is 12.0 Å². The number of aliphatic carboxylic acids is 1. The number of likely N-dealkylation sites (tertiary alicyclic amines) is 1. The molecule has 0 aromatic heterocycles. The summed E-state index contributed by atoms with van der Waals surface area (Å²) in [4.78, 5) is 13.0. The van der Waals surface area contributed by atoms with E-state index >= 15 is 0 Å². The molecule has 1 rings (SSSR count). The van der Waals surface area contributed by atoms with Gasteiger partial charge in [0.1, 0.15) is 6.04 Å². The number of carboxylic acids is 1. The van der Waals surface area contributed by atoms with Crippen LogP contribution in [0.25, 0.3) is 0 Å². The highest BCUT2D eigenvalue weighted by molar-refractivity contribution is 5.74. The van der Waals surface area contributed by atoms with Crippen molar-refractivity contribution in [2.24, 2.45) is 5.73 Å². The first-order valence-electron chi connectivity index (χ1n) is 5.39. The van der Waals surface area contributed by atoms with Crippen LogP contribution < -0.4 is 5.73 Å². The van der Waals surface area contributed by atoms with Gasteiger partial charge in [-0.3, -0.25) is 9.69 Å². The van der Waals surface area contributed by atoms with Gasteiger partial charge < -0.3 is 10.8 Å². The van der Waals surface area contributed by atoms with E-state index in [1.165, 1.54) is 6.42 Å². The molecule has 82 valence electrons. The molecule has 0 aromatic carbocycles. The molecule has 1 fully saturated rings. The maximum atomic E-state index is 10.8. The van der Waals surface area contributed by atoms with E-state index in [0.29, 0.717) is 0 Å². The second-order valence-corrected chi connectivity index (χ2v) is 3.96. The normalized spacial score (nSPS) is 26.0. The number of hydrogen-bond donors (Lipinski definition) is 2. The zero-order chi connectivity index (χ0) is 10.6. The van der Waals surface area contributed by atoms with Crippen molar-refractivity contribution in [2.45, 2.75) is 44.7 Å². The Hall–Kier alpha value is -0.610. The molecule has 1 aliphatic heterocycles. The Kier molecular flexibility index (Phi) is 4.35. The van der Waals surface area contributed by atoms with Crippen LogP contribution in [-0.2, 0) is 4.79 Å². The smallest absolute Gasteiger partial charge is 0.322 e. The fraction of sp³-hybridized carbons (Fsp3) is 0.900. The van der Waals surface area contributed by atoms with E-state index in [1.807, 2.05) is 0 Å². The van der Waals surface area contributed by atoms with Crippen molar-refractivity contribution in [3.8, 4) is 0 Å². The van der Waals surface area contributed by atoms with Crippen molar-refractivity contribution in [1.82, 2.24) is 4.90 Å². The SMILES string of the molecule is CCCN1CCCCC1C(N)C(=O)O. The summed E-state index contributed by atoms with van der Waals surface area (Å²) in [5.41, 5.74) is 5.67. The maximum Gasteiger partial charge on any atom is 0.322 e. The minimum absolute atomic E-state index is 0.0428. The van der Waals surface area contributed by atoms with Crippen LogP contribution in [0.1, 0.15) is 32.6 Å². The number of rotatable bonds is 4. The number of piperidine rings is 1. The molecule has 1 saturated heterocycles. The lowest BCUT2D eigenvalue weighted by Gasteiger charge is -2.37. The molecule has 0 aromatic rings. The molecule has 1 heterocycles. The second kappa shape index (κ2) is 5.32. The van der Waals surface area contributed by atoms with Crippen LogP contribution in [0.3, 0.4) is 0 Å². The molecule has 0 radical (unpaired) electrons. The Morgan fingerprint density at radius 3 is 2.93 bits per heavy atom. The van der Waals surface area contributed by atoms with Crippen LogP contribution >= 0.6 is 0 Å². The van der Waals surface area contributed by atoms with Gasteiger partial charge in [0.2, 0.25) is 0 Å². The number of carboxylic acid groups (broad SMARTS) is 1. The van der Waals surface area contributed by atoms with Gasteiger partial charge in [0, 0.05) is 6.04 Å². The lowest BCUT2D eigenvalue weighted by molar-refractivity contribution is -0.140. The predicted octanol–water partition coefficient (Wildman–Crippen LogP) is 0.663. The Bertz CT molecular complexity index is 195. The van der Waals surface area contributed by atoms with Gasteiger partial charge in [0.25, 0.3) is 0 Å². The molecule has 0 aliphatic carbocycles. The van der Waals surface area contributed by atoms with E-state index in [1.54, 1.807) is 0 Å². The van der Waals surface area contributed by atoms with E-state index in [0.717, 1.165) is 32.4 Å². The van der Waals surface area contributed by atoms with Gasteiger partial charge >= 0.3 is 5.97 Å². The van der Waals surface area contributed by atoms with Gasteiger partial charge in [0.15, 0.2) is 0 Å². The average molecular weight is 200 g/mol. The lowest BCUT2D eigenvalue weighted by Crippen LogP contribution is -2.53. The lowest BCUT2D eigenvalue weighted by atomic mass is 9.96. The van der Waals surface area contributed by atoms with Crippen molar-refractivity contribution in [3.05, 3.63) is 0 Å². The van der Waals surface area contributed by atoms with Crippen LogP contribution in [0.2, 0.25) is 0 Å². The predicted molar refractivity (Wildman–Crippen MR) is 55.1 cm³/mol. The summed E-state index contributed by atoms with van der Waals surface area (Å²) in [7, 11) is 0. The van der Waals surface area contributed by atoms with Gasteiger partial charge in [0.05, 0.1) is 0 Å². The van der Waals surface area contributed by atoms with Gasteiger partial charge in [-0.2, -0.15) is 0 Å². The van der Waals surface area contributed by atoms with Crippen molar-refractivity contribution in [2.75, 3.05) is 13.1 Å². The van der Waals surface area contributed by atoms with Gasteiger partial charge in [-0.15, -0.1) is 0 Å². The van der Waals surface area contributed by atoms with E-state index in [4.69, 9.17) is 10.8 Å². The van der Waals surface area contributed by atoms with E-state index in [9.17, 15) is 4.79 Å². The average Bonchev–Trinajstić information content (AvgIpc) is 2.18.